The molecule has 25 heavy (non-hydrogen) atoms. The molecule has 132 valence electrons. The molecule has 1 aromatic heterocycles. The monoisotopic (exact) mass is 361 g/mol. The van der Waals surface area contributed by atoms with Crippen LogP contribution in [0, 0.1) is 0 Å². The number of carbonyl (C=O) groups excluding carboxylic acids is 2. The van der Waals surface area contributed by atoms with E-state index < -0.39 is 12.0 Å². The van der Waals surface area contributed by atoms with Gasteiger partial charge >= 0.3 is 5.97 Å². The predicted octanol–water partition coefficient (Wildman–Crippen LogP) is 2.51. The average molecular weight is 361 g/mol. The fourth-order valence-corrected chi connectivity index (χ4v) is 4.09. The van der Waals surface area contributed by atoms with Crippen LogP contribution in [0.3, 0.4) is 0 Å². The van der Waals surface area contributed by atoms with Gasteiger partial charge in [-0.25, -0.2) is 9.79 Å². The summed E-state index contributed by atoms with van der Waals surface area (Å²) in [6, 6.07) is 3.04. The molecule has 0 bridgehead atoms. The molecule has 1 atom stereocenters. The number of hydrogen-bond donors (Lipinski definition) is 0. The SMILES string of the molecule is COC(=O)C1=C(C)N=C2SC(C(=O)N(C)C)=C(C)N2[C@H]1c1ccco1. The maximum Gasteiger partial charge on any atom is 0.338 e. The van der Waals surface area contributed by atoms with Gasteiger partial charge in [-0.2, -0.15) is 0 Å². The van der Waals surface area contributed by atoms with Crippen LogP contribution in [0.5, 0.6) is 0 Å². The van der Waals surface area contributed by atoms with Gasteiger partial charge in [0.15, 0.2) is 5.17 Å². The number of nitrogens with zero attached hydrogens (tertiary/aromatic N) is 3. The second kappa shape index (κ2) is 6.44. The second-order valence-electron chi connectivity index (χ2n) is 5.89. The number of amides is 1. The van der Waals surface area contributed by atoms with E-state index in [0.717, 1.165) is 5.70 Å². The van der Waals surface area contributed by atoms with Gasteiger partial charge in [0.05, 0.1) is 29.5 Å². The van der Waals surface area contributed by atoms with Crippen molar-refractivity contribution in [3.05, 3.63) is 46.0 Å². The van der Waals surface area contributed by atoms with Crippen molar-refractivity contribution < 1.29 is 18.7 Å². The molecule has 2 aliphatic heterocycles. The average Bonchev–Trinajstić information content (AvgIpc) is 3.20. The Bertz CT molecular complexity index is 821. The summed E-state index contributed by atoms with van der Waals surface area (Å²) in [6.07, 6.45) is 1.55. The zero-order chi connectivity index (χ0) is 18.3. The number of likely N-dealkylation sites (N-methyl/N-ethyl adjacent to an activating group) is 1. The topological polar surface area (TPSA) is 75.3 Å². The van der Waals surface area contributed by atoms with Gasteiger partial charge in [-0.15, -0.1) is 0 Å². The maximum absolute atomic E-state index is 12.5. The minimum Gasteiger partial charge on any atom is -0.467 e. The molecule has 0 radical (unpaired) electrons. The van der Waals surface area contributed by atoms with Gasteiger partial charge in [-0.05, 0) is 37.7 Å². The Kier molecular flexibility index (Phi) is 4.47. The van der Waals surface area contributed by atoms with Gasteiger partial charge in [0.1, 0.15) is 11.8 Å². The Morgan fingerprint density at radius 3 is 2.64 bits per heavy atom. The van der Waals surface area contributed by atoms with Crippen LogP contribution in [-0.4, -0.2) is 48.0 Å². The Hall–Kier alpha value is -2.48. The maximum atomic E-state index is 12.5. The smallest absolute Gasteiger partial charge is 0.338 e. The molecule has 3 rings (SSSR count). The molecular weight excluding hydrogens is 342 g/mol. The Labute approximate surface area is 150 Å². The number of allylic oxidation sites excluding steroid dienone is 2. The van der Waals surface area contributed by atoms with E-state index in [-0.39, 0.29) is 5.91 Å². The molecule has 0 aliphatic carbocycles. The Morgan fingerprint density at radius 2 is 2.08 bits per heavy atom. The first-order valence-corrected chi connectivity index (χ1v) is 8.49. The number of esters is 1. The number of carbonyl (C=O) groups is 2. The zero-order valence-electron chi connectivity index (χ0n) is 14.7. The summed E-state index contributed by atoms with van der Waals surface area (Å²) in [5, 5.41) is 0.647. The summed E-state index contributed by atoms with van der Waals surface area (Å²) in [5.74, 6) is 0.0209. The molecule has 0 spiro atoms. The largest absolute Gasteiger partial charge is 0.467 e. The van der Waals surface area contributed by atoms with Crippen molar-refractivity contribution in [1.82, 2.24) is 9.80 Å². The van der Waals surface area contributed by atoms with Crippen LogP contribution >= 0.6 is 11.8 Å². The highest BCUT2D eigenvalue weighted by Gasteiger charge is 2.44. The first kappa shape index (κ1) is 17.3. The molecule has 1 aromatic rings. The summed E-state index contributed by atoms with van der Waals surface area (Å²) >= 11 is 1.30. The van der Waals surface area contributed by atoms with Crippen molar-refractivity contribution in [2.75, 3.05) is 21.2 Å². The zero-order valence-corrected chi connectivity index (χ0v) is 15.5. The van der Waals surface area contributed by atoms with Crippen LogP contribution in [0.25, 0.3) is 0 Å². The number of thioether (sulfide) groups is 1. The van der Waals surface area contributed by atoms with Crippen LogP contribution in [0.4, 0.5) is 0 Å². The lowest BCUT2D eigenvalue weighted by molar-refractivity contribution is -0.137. The minimum atomic E-state index is -0.519. The molecule has 0 N–H and O–H groups in total. The molecular formula is C17H19N3O4S. The summed E-state index contributed by atoms with van der Waals surface area (Å²) < 4.78 is 10.5. The number of rotatable bonds is 3. The molecule has 0 saturated heterocycles. The van der Waals surface area contributed by atoms with E-state index in [0.29, 0.717) is 27.1 Å². The van der Waals surface area contributed by atoms with E-state index in [1.165, 1.54) is 23.8 Å². The Morgan fingerprint density at radius 1 is 1.36 bits per heavy atom. The Balaban J connectivity index is 2.15. The van der Waals surface area contributed by atoms with Crippen molar-refractivity contribution in [1.29, 1.82) is 0 Å². The van der Waals surface area contributed by atoms with Gasteiger partial charge in [-0.3, -0.25) is 4.79 Å². The molecule has 0 unspecified atom stereocenters. The fourth-order valence-electron chi connectivity index (χ4n) is 2.87. The number of ether oxygens (including phenoxy) is 1. The van der Waals surface area contributed by atoms with Crippen molar-refractivity contribution in [2.24, 2.45) is 4.99 Å². The van der Waals surface area contributed by atoms with Crippen molar-refractivity contribution in [3.63, 3.8) is 0 Å². The third kappa shape index (κ3) is 2.76. The van der Waals surface area contributed by atoms with Gasteiger partial charge in [-0.1, -0.05) is 0 Å². The van der Waals surface area contributed by atoms with Gasteiger partial charge in [0.25, 0.3) is 5.91 Å². The minimum absolute atomic E-state index is 0.102. The quantitative estimate of drug-likeness (QED) is 0.770. The van der Waals surface area contributed by atoms with Gasteiger partial charge in [0.2, 0.25) is 0 Å². The molecule has 0 saturated carbocycles. The van der Waals surface area contributed by atoms with Gasteiger partial charge < -0.3 is 19.0 Å². The first-order valence-electron chi connectivity index (χ1n) is 7.67. The van der Waals surface area contributed by atoms with Crippen LogP contribution in [0.2, 0.25) is 0 Å². The van der Waals surface area contributed by atoms with Gasteiger partial charge in [0, 0.05) is 19.8 Å². The standard InChI is InChI=1S/C17H19N3O4S/c1-9-12(16(22)23-5)13(11-7-6-8-24-11)20-10(2)14(15(21)19(3)4)25-17(20)18-9/h6-8,13H,1-5H3/t13-/m0/s1. The van der Waals surface area contributed by atoms with Crippen LogP contribution in [0.15, 0.2) is 49.7 Å². The molecule has 7 nitrogen and oxygen atoms in total. The highest BCUT2D eigenvalue weighted by atomic mass is 32.2. The number of hydrogen-bond acceptors (Lipinski definition) is 7. The third-order valence-corrected chi connectivity index (χ3v) is 5.24. The van der Waals surface area contributed by atoms with Crippen molar-refractivity contribution >= 4 is 28.8 Å². The normalized spacial score (nSPS) is 19.8. The lowest BCUT2D eigenvalue weighted by Crippen LogP contribution is -2.35. The molecule has 2 aliphatic rings. The van der Waals surface area contributed by atoms with E-state index >= 15 is 0 Å². The molecule has 1 amide bonds. The first-order chi connectivity index (χ1) is 11.9. The molecule has 3 heterocycles. The van der Waals surface area contributed by atoms with Crippen molar-refractivity contribution in [3.8, 4) is 0 Å². The second-order valence-corrected chi connectivity index (χ2v) is 6.87. The number of furan rings is 1. The number of fused-ring (bicyclic) bond motifs is 1. The van der Waals surface area contributed by atoms with Crippen LogP contribution in [-0.2, 0) is 14.3 Å². The number of aliphatic imine (C=N–C) groups is 1. The summed E-state index contributed by atoms with van der Waals surface area (Å²) in [6.45, 7) is 3.60. The van der Waals surface area contributed by atoms with Crippen LogP contribution < -0.4 is 0 Å². The highest BCUT2D eigenvalue weighted by Crippen LogP contribution is 2.47. The molecule has 0 fully saturated rings. The molecule has 8 heteroatoms. The lowest BCUT2D eigenvalue weighted by Gasteiger charge is -2.33. The van der Waals surface area contributed by atoms with E-state index in [1.807, 2.05) is 11.8 Å². The van der Waals surface area contributed by atoms with E-state index in [9.17, 15) is 9.59 Å². The number of amidine groups is 1. The summed E-state index contributed by atoms with van der Waals surface area (Å²) in [5.41, 5.74) is 1.69. The summed E-state index contributed by atoms with van der Waals surface area (Å²) in [4.78, 5) is 33.4. The number of methoxy groups -OCH3 is 1. The van der Waals surface area contributed by atoms with E-state index in [4.69, 9.17) is 9.15 Å². The summed E-state index contributed by atoms with van der Waals surface area (Å²) in [7, 11) is 4.74. The molecule has 0 aromatic carbocycles. The lowest BCUT2D eigenvalue weighted by atomic mass is 9.99. The van der Waals surface area contributed by atoms with E-state index in [1.54, 1.807) is 39.4 Å². The van der Waals surface area contributed by atoms with Crippen LogP contribution in [0.1, 0.15) is 25.6 Å². The fraction of sp³-hybridized carbons (Fsp3) is 0.353. The van der Waals surface area contributed by atoms with Crippen molar-refractivity contribution in [2.45, 2.75) is 19.9 Å². The third-order valence-electron chi connectivity index (χ3n) is 4.09. The van der Waals surface area contributed by atoms with E-state index in [2.05, 4.69) is 4.99 Å². The predicted molar refractivity (Wildman–Crippen MR) is 94.4 cm³/mol. The highest BCUT2D eigenvalue weighted by molar-refractivity contribution is 8.18.